The van der Waals surface area contributed by atoms with Crippen molar-refractivity contribution in [2.24, 2.45) is 0 Å². The fourth-order valence-electron chi connectivity index (χ4n) is 2.72. The van der Waals surface area contributed by atoms with Crippen LogP contribution in [0.5, 0.6) is 0 Å². The van der Waals surface area contributed by atoms with Gasteiger partial charge in [-0.2, -0.15) is 4.98 Å². The first kappa shape index (κ1) is 16.8. The molecule has 3 heterocycles. The fraction of sp³-hybridized carbons (Fsp3) is 0.312. The van der Waals surface area contributed by atoms with Crippen molar-refractivity contribution in [2.45, 2.75) is 6.54 Å². The van der Waals surface area contributed by atoms with Crippen LogP contribution in [0.4, 0.5) is 5.13 Å². The van der Waals surface area contributed by atoms with E-state index in [-0.39, 0.29) is 5.56 Å². The van der Waals surface area contributed by atoms with E-state index in [0.29, 0.717) is 40.2 Å². The minimum absolute atomic E-state index is 0.263. The third-order valence-corrected chi connectivity index (χ3v) is 5.71. The van der Waals surface area contributed by atoms with Crippen molar-refractivity contribution < 1.29 is 4.74 Å². The van der Waals surface area contributed by atoms with Gasteiger partial charge in [0.05, 0.1) is 19.8 Å². The molecule has 130 valence electrons. The summed E-state index contributed by atoms with van der Waals surface area (Å²) in [5, 5.41) is 2.03. The standard InChI is InChI=1S/C16H14Cl2N4O2S/c17-11-1-2-12(18)10(7-11)8-22-9-19-15(23)13-14(22)20-16(25-13)21-3-5-24-6-4-21/h1-2,7,9H,3-6,8H2. The van der Waals surface area contributed by atoms with Crippen LogP contribution in [0.15, 0.2) is 29.3 Å². The number of thiazole rings is 1. The van der Waals surface area contributed by atoms with Crippen molar-refractivity contribution in [1.82, 2.24) is 14.5 Å². The molecular weight excluding hydrogens is 383 g/mol. The minimum atomic E-state index is -0.263. The molecule has 2 aromatic heterocycles. The molecular formula is C16H14Cl2N4O2S. The Morgan fingerprint density at radius 1 is 1.24 bits per heavy atom. The molecule has 9 heteroatoms. The van der Waals surface area contributed by atoms with Crippen LogP contribution in [-0.4, -0.2) is 40.8 Å². The van der Waals surface area contributed by atoms with Gasteiger partial charge in [0.25, 0.3) is 5.56 Å². The number of aromatic nitrogens is 3. The lowest BCUT2D eigenvalue weighted by molar-refractivity contribution is 0.122. The Bertz CT molecular complexity index is 982. The first-order valence-corrected chi connectivity index (χ1v) is 9.31. The molecule has 0 bridgehead atoms. The van der Waals surface area contributed by atoms with Crippen LogP contribution in [0.1, 0.15) is 5.56 Å². The number of hydrogen-bond acceptors (Lipinski definition) is 6. The van der Waals surface area contributed by atoms with Gasteiger partial charge in [0.15, 0.2) is 10.8 Å². The van der Waals surface area contributed by atoms with Crippen LogP contribution in [0.25, 0.3) is 10.3 Å². The molecule has 0 N–H and O–H groups in total. The third-order valence-electron chi connectivity index (χ3n) is 4.01. The van der Waals surface area contributed by atoms with E-state index in [1.165, 1.54) is 17.7 Å². The predicted molar refractivity (Wildman–Crippen MR) is 100 cm³/mol. The lowest BCUT2D eigenvalue weighted by Gasteiger charge is -2.25. The number of halogens is 2. The van der Waals surface area contributed by atoms with E-state index < -0.39 is 0 Å². The third kappa shape index (κ3) is 3.37. The van der Waals surface area contributed by atoms with Crippen molar-refractivity contribution in [3.8, 4) is 0 Å². The lowest BCUT2D eigenvalue weighted by Crippen LogP contribution is -2.36. The molecule has 6 nitrogen and oxygen atoms in total. The zero-order chi connectivity index (χ0) is 17.4. The highest BCUT2D eigenvalue weighted by molar-refractivity contribution is 7.22. The van der Waals surface area contributed by atoms with Gasteiger partial charge in [-0.15, -0.1) is 0 Å². The van der Waals surface area contributed by atoms with Gasteiger partial charge in [0.1, 0.15) is 11.0 Å². The van der Waals surface area contributed by atoms with E-state index in [1.807, 2.05) is 10.6 Å². The first-order valence-electron chi connectivity index (χ1n) is 7.74. The SMILES string of the molecule is O=c1ncn(Cc2cc(Cl)ccc2Cl)c2nc(N3CCOCC3)sc12. The van der Waals surface area contributed by atoms with Gasteiger partial charge in [0.2, 0.25) is 0 Å². The smallest absolute Gasteiger partial charge is 0.292 e. The predicted octanol–water partition coefficient (Wildman–Crippen LogP) is 3.04. The molecule has 1 saturated heterocycles. The molecule has 1 aliphatic heterocycles. The number of anilines is 1. The normalized spacial score (nSPS) is 15.0. The molecule has 0 radical (unpaired) electrons. The van der Waals surface area contributed by atoms with Crippen LogP contribution in [0.2, 0.25) is 10.0 Å². The number of morpholine rings is 1. The van der Waals surface area contributed by atoms with Crippen molar-refractivity contribution in [1.29, 1.82) is 0 Å². The maximum absolute atomic E-state index is 12.2. The van der Waals surface area contributed by atoms with Crippen LogP contribution in [0, 0.1) is 0 Å². The maximum atomic E-state index is 12.2. The summed E-state index contributed by atoms with van der Waals surface area (Å²) in [7, 11) is 0. The molecule has 4 rings (SSSR count). The average molecular weight is 397 g/mol. The number of ether oxygens (including phenoxy) is 1. The topological polar surface area (TPSA) is 60.2 Å². The number of nitrogens with zero attached hydrogens (tertiary/aromatic N) is 4. The molecule has 0 spiro atoms. The summed E-state index contributed by atoms with van der Waals surface area (Å²) in [6.07, 6.45) is 1.50. The van der Waals surface area contributed by atoms with E-state index in [9.17, 15) is 4.79 Å². The van der Waals surface area contributed by atoms with Gasteiger partial charge in [-0.25, -0.2) is 4.98 Å². The minimum Gasteiger partial charge on any atom is -0.378 e. The molecule has 1 aliphatic rings. The Balaban J connectivity index is 1.76. The fourth-order valence-corrected chi connectivity index (χ4v) is 4.12. The van der Waals surface area contributed by atoms with E-state index in [1.54, 1.807) is 12.1 Å². The van der Waals surface area contributed by atoms with Crippen LogP contribution in [0.3, 0.4) is 0 Å². The first-order chi connectivity index (χ1) is 12.1. The van der Waals surface area contributed by atoms with E-state index in [2.05, 4.69) is 14.9 Å². The summed E-state index contributed by atoms with van der Waals surface area (Å²) < 4.78 is 7.75. The molecule has 25 heavy (non-hydrogen) atoms. The maximum Gasteiger partial charge on any atom is 0.292 e. The monoisotopic (exact) mass is 396 g/mol. The largest absolute Gasteiger partial charge is 0.378 e. The average Bonchev–Trinajstić information content (AvgIpc) is 3.08. The molecule has 3 aromatic rings. The summed E-state index contributed by atoms with van der Waals surface area (Å²) in [4.78, 5) is 22.9. The van der Waals surface area contributed by atoms with Crippen LogP contribution < -0.4 is 10.5 Å². The van der Waals surface area contributed by atoms with E-state index >= 15 is 0 Å². The Morgan fingerprint density at radius 2 is 2.04 bits per heavy atom. The van der Waals surface area contributed by atoms with Crippen molar-refractivity contribution >= 4 is 50.0 Å². The summed E-state index contributed by atoms with van der Waals surface area (Å²) in [5.41, 5.74) is 1.20. The summed E-state index contributed by atoms with van der Waals surface area (Å²) in [6.45, 7) is 3.30. The molecule has 1 aromatic carbocycles. The van der Waals surface area contributed by atoms with Gasteiger partial charge in [-0.3, -0.25) is 4.79 Å². The Labute approximate surface area is 157 Å². The van der Waals surface area contributed by atoms with Crippen molar-refractivity contribution in [2.75, 3.05) is 31.2 Å². The highest BCUT2D eigenvalue weighted by atomic mass is 35.5. The second-order valence-electron chi connectivity index (χ2n) is 5.66. The molecule has 0 atom stereocenters. The summed E-state index contributed by atoms with van der Waals surface area (Å²) in [5.74, 6) is 0. The summed E-state index contributed by atoms with van der Waals surface area (Å²) >= 11 is 13.7. The van der Waals surface area contributed by atoms with Gasteiger partial charge in [-0.05, 0) is 23.8 Å². The Kier molecular flexibility index (Phi) is 4.64. The molecule has 0 aliphatic carbocycles. The summed E-state index contributed by atoms with van der Waals surface area (Å²) in [6, 6.07) is 5.31. The lowest BCUT2D eigenvalue weighted by atomic mass is 10.2. The van der Waals surface area contributed by atoms with Gasteiger partial charge < -0.3 is 14.2 Å². The van der Waals surface area contributed by atoms with Crippen molar-refractivity contribution in [3.05, 3.63) is 50.5 Å². The second-order valence-corrected chi connectivity index (χ2v) is 7.48. The molecule has 0 amide bonds. The van der Waals surface area contributed by atoms with Crippen LogP contribution >= 0.6 is 34.5 Å². The van der Waals surface area contributed by atoms with Gasteiger partial charge in [-0.1, -0.05) is 34.5 Å². The molecule has 0 unspecified atom stereocenters. The number of benzene rings is 1. The highest BCUT2D eigenvalue weighted by Gasteiger charge is 2.18. The Hall–Kier alpha value is -1.67. The van der Waals surface area contributed by atoms with E-state index in [0.717, 1.165) is 23.8 Å². The quantitative estimate of drug-likeness (QED) is 0.680. The molecule has 0 saturated carbocycles. The van der Waals surface area contributed by atoms with Crippen molar-refractivity contribution in [3.63, 3.8) is 0 Å². The highest BCUT2D eigenvalue weighted by Crippen LogP contribution is 2.28. The van der Waals surface area contributed by atoms with Crippen LogP contribution in [-0.2, 0) is 11.3 Å². The van der Waals surface area contributed by atoms with Gasteiger partial charge in [0, 0.05) is 23.1 Å². The number of hydrogen-bond donors (Lipinski definition) is 0. The number of fused-ring (bicyclic) bond motifs is 1. The van der Waals surface area contributed by atoms with E-state index in [4.69, 9.17) is 27.9 Å². The second kappa shape index (κ2) is 6.92. The zero-order valence-corrected chi connectivity index (χ0v) is 15.4. The molecule has 1 fully saturated rings. The van der Waals surface area contributed by atoms with Gasteiger partial charge >= 0.3 is 0 Å². The number of rotatable bonds is 3. The Morgan fingerprint density at radius 3 is 2.84 bits per heavy atom. The zero-order valence-electron chi connectivity index (χ0n) is 13.1.